The van der Waals surface area contributed by atoms with Crippen molar-refractivity contribution in [3.05, 3.63) is 89.7 Å². The first kappa shape index (κ1) is 20.7. The molecule has 0 fully saturated rings. The maximum atomic E-state index is 13.3. The Morgan fingerprint density at radius 1 is 1.00 bits per heavy atom. The number of amides is 1. The highest BCUT2D eigenvalue weighted by molar-refractivity contribution is 7.22. The second-order valence-electron chi connectivity index (χ2n) is 6.94. The quantitative estimate of drug-likeness (QED) is 0.373. The van der Waals surface area contributed by atoms with Crippen molar-refractivity contribution in [3.63, 3.8) is 0 Å². The number of ketones is 1. The number of fused-ring (bicyclic) bond motifs is 1. The molecule has 0 unspecified atom stereocenters. The number of aromatic nitrogens is 1. The number of anilines is 1. The average molecular weight is 434 g/mol. The Hall–Kier alpha value is -3.58. The van der Waals surface area contributed by atoms with Gasteiger partial charge in [-0.25, -0.2) is 9.37 Å². The van der Waals surface area contributed by atoms with Gasteiger partial charge in [0.05, 0.1) is 16.8 Å². The van der Waals surface area contributed by atoms with Gasteiger partial charge in [-0.1, -0.05) is 35.6 Å². The molecule has 1 aromatic heterocycles. The van der Waals surface area contributed by atoms with E-state index in [1.807, 2.05) is 24.3 Å². The van der Waals surface area contributed by atoms with E-state index in [4.69, 9.17) is 4.74 Å². The summed E-state index contributed by atoms with van der Waals surface area (Å²) in [6.45, 7) is 1.53. The van der Waals surface area contributed by atoms with Crippen molar-refractivity contribution in [2.45, 2.75) is 13.5 Å². The number of ether oxygens (including phenoxy) is 1. The molecule has 0 aliphatic heterocycles. The first-order chi connectivity index (χ1) is 15.0. The van der Waals surface area contributed by atoms with Gasteiger partial charge in [-0.2, -0.15) is 0 Å². The van der Waals surface area contributed by atoms with Crippen LogP contribution in [0.1, 0.15) is 22.8 Å². The maximum Gasteiger partial charge on any atom is 0.267 e. The van der Waals surface area contributed by atoms with Gasteiger partial charge in [0.25, 0.3) is 5.91 Å². The van der Waals surface area contributed by atoms with Crippen LogP contribution in [-0.4, -0.2) is 23.3 Å². The lowest BCUT2D eigenvalue weighted by Crippen LogP contribution is -2.34. The maximum absolute atomic E-state index is 13.3. The van der Waals surface area contributed by atoms with Crippen LogP contribution in [0.3, 0.4) is 0 Å². The predicted molar refractivity (Wildman–Crippen MR) is 119 cm³/mol. The van der Waals surface area contributed by atoms with E-state index < -0.39 is 0 Å². The van der Waals surface area contributed by atoms with Crippen molar-refractivity contribution >= 4 is 38.4 Å². The third kappa shape index (κ3) is 4.95. The minimum atomic E-state index is -0.334. The van der Waals surface area contributed by atoms with Gasteiger partial charge in [0.2, 0.25) is 0 Å². The lowest BCUT2D eigenvalue weighted by atomic mass is 10.1. The molecule has 0 N–H and O–H groups in total. The number of Topliss-reactive ketones (excluding diaryl/α,β-unsaturated/α-hetero) is 1. The Kier molecular flexibility index (Phi) is 6.04. The molecular formula is C24H19FN2O3S. The molecule has 156 valence electrons. The second-order valence-corrected chi connectivity index (χ2v) is 7.95. The minimum Gasteiger partial charge on any atom is -0.484 e. The third-order valence-corrected chi connectivity index (χ3v) is 5.75. The van der Waals surface area contributed by atoms with Crippen molar-refractivity contribution < 1.29 is 18.7 Å². The minimum absolute atomic E-state index is 0.0380. The van der Waals surface area contributed by atoms with Crippen molar-refractivity contribution in [1.29, 1.82) is 0 Å². The van der Waals surface area contributed by atoms with Crippen LogP contribution in [0.2, 0.25) is 0 Å². The van der Waals surface area contributed by atoms with Crippen molar-refractivity contribution in [3.8, 4) is 5.75 Å². The van der Waals surface area contributed by atoms with Crippen molar-refractivity contribution in [1.82, 2.24) is 4.98 Å². The number of hydrogen-bond donors (Lipinski definition) is 0. The van der Waals surface area contributed by atoms with E-state index in [1.54, 1.807) is 41.3 Å². The number of nitrogens with zero attached hydrogens (tertiary/aromatic N) is 2. The molecule has 31 heavy (non-hydrogen) atoms. The molecule has 0 saturated carbocycles. The van der Waals surface area contributed by atoms with Gasteiger partial charge in [0.1, 0.15) is 11.6 Å². The van der Waals surface area contributed by atoms with Crippen LogP contribution in [0.4, 0.5) is 9.52 Å². The molecule has 0 spiro atoms. The van der Waals surface area contributed by atoms with E-state index in [1.165, 1.54) is 30.4 Å². The number of hydrogen-bond acceptors (Lipinski definition) is 5. The summed E-state index contributed by atoms with van der Waals surface area (Å²) in [6.07, 6.45) is 0. The van der Waals surface area contributed by atoms with Crippen LogP contribution in [0.5, 0.6) is 5.75 Å². The molecule has 7 heteroatoms. The van der Waals surface area contributed by atoms with Crippen LogP contribution in [-0.2, 0) is 11.3 Å². The Morgan fingerprint density at radius 3 is 2.39 bits per heavy atom. The molecule has 0 aliphatic rings. The zero-order valence-corrected chi connectivity index (χ0v) is 17.6. The fourth-order valence-corrected chi connectivity index (χ4v) is 4.00. The van der Waals surface area contributed by atoms with Gasteiger partial charge < -0.3 is 4.74 Å². The van der Waals surface area contributed by atoms with Crippen LogP contribution in [0.25, 0.3) is 10.2 Å². The Morgan fingerprint density at radius 2 is 1.71 bits per heavy atom. The summed E-state index contributed by atoms with van der Waals surface area (Å²) in [4.78, 5) is 30.6. The number of para-hydroxylation sites is 1. The van der Waals surface area contributed by atoms with Crippen LogP contribution >= 0.6 is 11.3 Å². The molecule has 0 saturated heterocycles. The van der Waals surface area contributed by atoms with Gasteiger partial charge in [-0.05, 0) is 61.0 Å². The first-order valence-corrected chi connectivity index (χ1v) is 10.5. The van der Waals surface area contributed by atoms with Crippen LogP contribution in [0.15, 0.2) is 72.8 Å². The number of halogens is 1. The monoisotopic (exact) mass is 434 g/mol. The van der Waals surface area contributed by atoms with E-state index in [0.717, 1.165) is 15.8 Å². The van der Waals surface area contributed by atoms with Gasteiger partial charge >= 0.3 is 0 Å². The van der Waals surface area contributed by atoms with Gasteiger partial charge in [-0.15, -0.1) is 0 Å². The first-order valence-electron chi connectivity index (χ1n) is 9.64. The number of benzene rings is 3. The zero-order chi connectivity index (χ0) is 21.8. The molecular weight excluding hydrogens is 415 g/mol. The highest BCUT2D eigenvalue weighted by atomic mass is 32.1. The molecule has 0 atom stereocenters. The fraction of sp³-hybridized carbons (Fsp3) is 0.125. The molecule has 0 aliphatic carbocycles. The van der Waals surface area contributed by atoms with Gasteiger partial charge in [0, 0.05) is 5.56 Å². The zero-order valence-electron chi connectivity index (χ0n) is 16.7. The number of carbonyl (C=O) groups excluding carboxylic acids is 2. The molecule has 5 nitrogen and oxygen atoms in total. The fourth-order valence-electron chi connectivity index (χ4n) is 3.02. The SMILES string of the molecule is CC(=O)c1ccc(OCC(=O)N(Cc2ccc(F)cc2)c2nc3ccccc3s2)cc1. The summed E-state index contributed by atoms with van der Waals surface area (Å²) >= 11 is 1.41. The summed E-state index contributed by atoms with van der Waals surface area (Å²) in [6, 6.07) is 20.3. The Labute approximate surface area is 182 Å². The molecule has 3 aromatic carbocycles. The van der Waals surface area contributed by atoms with E-state index in [2.05, 4.69) is 4.98 Å². The van der Waals surface area contributed by atoms with E-state index in [-0.39, 0.29) is 30.7 Å². The highest BCUT2D eigenvalue weighted by Gasteiger charge is 2.21. The highest BCUT2D eigenvalue weighted by Crippen LogP contribution is 2.30. The predicted octanol–water partition coefficient (Wildman–Crippen LogP) is 5.25. The summed E-state index contributed by atoms with van der Waals surface area (Å²) in [5.74, 6) is -0.161. The van der Waals surface area contributed by atoms with Crippen LogP contribution < -0.4 is 9.64 Å². The summed E-state index contributed by atoms with van der Waals surface area (Å²) in [5.41, 5.74) is 2.16. The van der Waals surface area contributed by atoms with E-state index in [9.17, 15) is 14.0 Å². The van der Waals surface area contributed by atoms with Crippen molar-refractivity contribution in [2.75, 3.05) is 11.5 Å². The van der Waals surface area contributed by atoms with Crippen LogP contribution in [0, 0.1) is 5.82 Å². The number of rotatable bonds is 7. The standard InChI is InChI=1S/C24H19FN2O3S/c1-16(28)18-8-12-20(13-9-18)30-15-23(29)27(14-17-6-10-19(25)11-7-17)24-26-21-4-2-3-5-22(21)31-24/h2-13H,14-15H2,1H3. The average Bonchev–Trinajstić information content (AvgIpc) is 3.21. The largest absolute Gasteiger partial charge is 0.484 e. The molecule has 1 amide bonds. The summed E-state index contributed by atoms with van der Waals surface area (Å²) in [5, 5.41) is 0.547. The normalized spacial score (nSPS) is 10.8. The smallest absolute Gasteiger partial charge is 0.267 e. The third-order valence-electron chi connectivity index (χ3n) is 4.69. The topological polar surface area (TPSA) is 59.5 Å². The van der Waals surface area contributed by atoms with Gasteiger partial charge in [-0.3, -0.25) is 14.5 Å². The summed E-state index contributed by atoms with van der Waals surface area (Å²) in [7, 11) is 0. The van der Waals surface area contributed by atoms with E-state index >= 15 is 0 Å². The van der Waals surface area contributed by atoms with Crippen molar-refractivity contribution in [2.24, 2.45) is 0 Å². The molecule has 4 aromatic rings. The lowest BCUT2D eigenvalue weighted by Gasteiger charge is -2.20. The molecule has 1 heterocycles. The van der Waals surface area contributed by atoms with E-state index in [0.29, 0.717) is 16.4 Å². The molecule has 4 rings (SSSR count). The number of carbonyl (C=O) groups is 2. The summed E-state index contributed by atoms with van der Waals surface area (Å²) < 4.78 is 19.9. The molecule has 0 radical (unpaired) electrons. The number of thiazole rings is 1. The Balaban J connectivity index is 1.55. The second kappa shape index (κ2) is 9.06. The van der Waals surface area contributed by atoms with Gasteiger partial charge in [0.15, 0.2) is 17.5 Å². The Bertz CT molecular complexity index is 1190. The molecule has 0 bridgehead atoms. The lowest BCUT2D eigenvalue weighted by molar-refractivity contribution is -0.120.